The lowest BCUT2D eigenvalue weighted by molar-refractivity contribution is 0.0696. The minimum atomic E-state index is -0.992. The van der Waals surface area contributed by atoms with Crippen molar-refractivity contribution in [3.8, 4) is 0 Å². The number of benzene rings is 2. The van der Waals surface area contributed by atoms with Crippen molar-refractivity contribution in [2.75, 3.05) is 0 Å². The third-order valence-corrected chi connectivity index (χ3v) is 3.30. The highest BCUT2D eigenvalue weighted by molar-refractivity contribution is 5.89. The number of rotatable bonds is 3. The molecule has 0 bridgehead atoms. The molecule has 21 heavy (non-hydrogen) atoms. The number of aromatic carboxylic acids is 1. The molecule has 0 aliphatic carbocycles. The Morgan fingerprint density at radius 3 is 2.57 bits per heavy atom. The van der Waals surface area contributed by atoms with E-state index in [0.717, 1.165) is 0 Å². The molecule has 4 heteroatoms. The van der Waals surface area contributed by atoms with Gasteiger partial charge in [-0.1, -0.05) is 30.3 Å². The minimum Gasteiger partial charge on any atom is -0.478 e. The standard InChI is InChI=1S/C17H12O4/c18-15-10-12(21-16-8-4-3-7-14(15)16)9-11-5-1-2-6-13(11)17(19)20/h1-8,10H,9H2,(H,19,20). The van der Waals surface area contributed by atoms with Crippen LogP contribution in [0, 0.1) is 0 Å². The Hall–Kier alpha value is -2.88. The third kappa shape index (κ3) is 2.56. The lowest BCUT2D eigenvalue weighted by atomic mass is 10.0. The summed E-state index contributed by atoms with van der Waals surface area (Å²) in [5.41, 5.74) is 1.21. The van der Waals surface area contributed by atoms with E-state index >= 15 is 0 Å². The maximum atomic E-state index is 12.0. The fraction of sp³-hybridized carbons (Fsp3) is 0.0588. The van der Waals surface area contributed by atoms with E-state index < -0.39 is 5.97 Å². The van der Waals surface area contributed by atoms with Crippen LogP contribution in [0.15, 0.2) is 63.8 Å². The second kappa shape index (κ2) is 5.25. The van der Waals surface area contributed by atoms with Crippen molar-refractivity contribution in [2.24, 2.45) is 0 Å². The molecule has 1 aromatic heterocycles. The molecule has 3 rings (SSSR count). The van der Waals surface area contributed by atoms with Gasteiger partial charge in [0.25, 0.3) is 0 Å². The summed E-state index contributed by atoms with van der Waals surface area (Å²) in [6.45, 7) is 0. The molecule has 0 radical (unpaired) electrons. The number of carboxylic acids is 1. The van der Waals surface area contributed by atoms with Gasteiger partial charge < -0.3 is 9.52 Å². The first-order chi connectivity index (χ1) is 10.1. The SMILES string of the molecule is O=C(O)c1ccccc1Cc1cc(=O)c2ccccc2o1. The molecule has 0 saturated carbocycles. The number of para-hydroxylation sites is 1. The zero-order valence-electron chi connectivity index (χ0n) is 11.1. The van der Waals surface area contributed by atoms with Gasteiger partial charge in [-0.25, -0.2) is 4.79 Å². The highest BCUT2D eigenvalue weighted by atomic mass is 16.4. The molecule has 0 spiro atoms. The number of carboxylic acid groups (broad SMARTS) is 1. The minimum absolute atomic E-state index is 0.125. The molecule has 3 aromatic rings. The predicted molar refractivity (Wildman–Crippen MR) is 78.7 cm³/mol. The number of fused-ring (bicyclic) bond motifs is 1. The molecule has 0 fully saturated rings. The molecular formula is C17H12O4. The van der Waals surface area contributed by atoms with Crippen LogP contribution in [-0.4, -0.2) is 11.1 Å². The van der Waals surface area contributed by atoms with Gasteiger partial charge in [-0.3, -0.25) is 4.79 Å². The van der Waals surface area contributed by atoms with E-state index in [0.29, 0.717) is 22.3 Å². The highest BCUT2D eigenvalue weighted by Gasteiger charge is 2.11. The van der Waals surface area contributed by atoms with E-state index in [1.165, 1.54) is 12.1 Å². The lowest BCUT2D eigenvalue weighted by Gasteiger charge is -2.06. The van der Waals surface area contributed by atoms with E-state index in [1.807, 2.05) is 0 Å². The topological polar surface area (TPSA) is 67.5 Å². The Labute approximate surface area is 120 Å². The first-order valence-electron chi connectivity index (χ1n) is 6.48. The van der Waals surface area contributed by atoms with Crippen molar-refractivity contribution in [3.05, 3.63) is 81.7 Å². The Bertz CT molecular complexity index is 877. The van der Waals surface area contributed by atoms with E-state index in [4.69, 9.17) is 4.42 Å². The molecule has 0 saturated heterocycles. The van der Waals surface area contributed by atoms with E-state index in [9.17, 15) is 14.7 Å². The first kappa shape index (κ1) is 13.1. The zero-order chi connectivity index (χ0) is 14.8. The molecule has 2 aromatic carbocycles. The van der Waals surface area contributed by atoms with Crippen molar-refractivity contribution in [1.82, 2.24) is 0 Å². The van der Waals surface area contributed by atoms with Gasteiger partial charge in [0.05, 0.1) is 10.9 Å². The summed E-state index contributed by atoms with van der Waals surface area (Å²) < 4.78 is 5.69. The first-order valence-corrected chi connectivity index (χ1v) is 6.48. The monoisotopic (exact) mass is 280 g/mol. The van der Waals surface area contributed by atoms with Crippen LogP contribution in [0.4, 0.5) is 0 Å². The summed E-state index contributed by atoms with van der Waals surface area (Å²) in [6, 6.07) is 15.1. The molecule has 1 heterocycles. The molecule has 4 nitrogen and oxygen atoms in total. The average molecular weight is 280 g/mol. The Morgan fingerprint density at radius 2 is 1.76 bits per heavy atom. The van der Waals surface area contributed by atoms with Crippen LogP contribution in [0.5, 0.6) is 0 Å². The fourth-order valence-electron chi connectivity index (χ4n) is 2.31. The normalized spacial score (nSPS) is 10.7. The second-order valence-corrected chi connectivity index (χ2v) is 4.71. The molecular weight excluding hydrogens is 268 g/mol. The molecule has 0 aliphatic heterocycles. The summed E-state index contributed by atoms with van der Waals surface area (Å²) in [5.74, 6) is -0.541. The number of hydrogen-bond donors (Lipinski definition) is 1. The maximum absolute atomic E-state index is 12.0. The van der Waals surface area contributed by atoms with Crippen LogP contribution in [0.3, 0.4) is 0 Å². The summed E-state index contributed by atoms with van der Waals surface area (Å²) >= 11 is 0. The lowest BCUT2D eigenvalue weighted by Crippen LogP contribution is -2.06. The van der Waals surface area contributed by atoms with Crippen molar-refractivity contribution < 1.29 is 14.3 Å². The van der Waals surface area contributed by atoms with Gasteiger partial charge in [-0.2, -0.15) is 0 Å². The Morgan fingerprint density at radius 1 is 1.05 bits per heavy atom. The van der Waals surface area contributed by atoms with Crippen LogP contribution >= 0.6 is 0 Å². The van der Waals surface area contributed by atoms with Gasteiger partial charge in [0, 0.05) is 12.5 Å². The van der Waals surface area contributed by atoms with Crippen LogP contribution in [-0.2, 0) is 6.42 Å². The molecule has 0 atom stereocenters. The maximum Gasteiger partial charge on any atom is 0.335 e. The second-order valence-electron chi connectivity index (χ2n) is 4.71. The predicted octanol–water partition coefficient (Wildman–Crippen LogP) is 3.08. The van der Waals surface area contributed by atoms with E-state index in [2.05, 4.69) is 0 Å². The molecule has 0 unspecified atom stereocenters. The molecule has 0 aliphatic rings. The van der Waals surface area contributed by atoms with Gasteiger partial charge in [0.2, 0.25) is 0 Å². The highest BCUT2D eigenvalue weighted by Crippen LogP contribution is 2.17. The van der Waals surface area contributed by atoms with Crippen LogP contribution in [0.25, 0.3) is 11.0 Å². The van der Waals surface area contributed by atoms with Crippen molar-refractivity contribution in [3.63, 3.8) is 0 Å². The largest absolute Gasteiger partial charge is 0.478 e. The molecule has 1 N–H and O–H groups in total. The summed E-state index contributed by atoms with van der Waals surface area (Å²) in [7, 11) is 0. The average Bonchev–Trinajstić information content (AvgIpc) is 2.47. The summed E-state index contributed by atoms with van der Waals surface area (Å²) in [4.78, 5) is 23.2. The van der Waals surface area contributed by atoms with E-state index in [-0.39, 0.29) is 17.4 Å². The van der Waals surface area contributed by atoms with Crippen molar-refractivity contribution >= 4 is 16.9 Å². The van der Waals surface area contributed by atoms with E-state index in [1.54, 1.807) is 42.5 Å². The Balaban J connectivity index is 2.07. The summed E-state index contributed by atoms with van der Waals surface area (Å²) in [5, 5.41) is 9.70. The van der Waals surface area contributed by atoms with Crippen LogP contribution < -0.4 is 5.43 Å². The molecule has 0 amide bonds. The zero-order valence-corrected chi connectivity index (χ0v) is 11.1. The van der Waals surface area contributed by atoms with Gasteiger partial charge >= 0.3 is 5.97 Å². The summed E-state index contributed by atoms with van der Waals surface area (Å²) in [6.07, 6.45) is 0.266. The smallest absolute Gasteiger partial charge is 0.335 e. The number of hydrogen-bond acceptors (Lipinski definition) is 3. The van der Waals surface area contributed by atoms with Gasteiger partial charge in [0.1, 0.15) is 11.3 Å². The van der Waals surface area contributed by atoms with Gasteiger partial charge in [0.15, 0.2) is 5.43 Å². The molecule has 104 valence electrons. The quantitative estimate of drug-likeness (QED) is 0.800. The third-order valence-electron chi connectivity index (χ3n) is 3.30. The van der Waals surface area contributed by atoms with Crippen molar-refractivity contribution in [2.45, 2.75) is 6.42 Å². The number of carbonyl (C=O) groups is 1. The van der Waals surface area contributed by atoms with Crippen molar-refractivity contribution in [1.29, 1.82) is 0 Å². The fourth-order valence-corrected chi connectivity index (χ4v) is 2.31. The Kier molecular flexibility index (Phi) is 3.28. The van der Waals surface area contributed by atoms with Crippen LogP contribution in [0.1, 0.15) is 21.7 Å². The van der Waals surface area contributed by atoms with Gasteiger partial charge in [-0.05, 0) is 23.8 Å². The van der Waals surface area contributed by atoms with Gasteiger partial charge in [-0.15, -0.1) is 0 Å². The van der Waals surface area contributed by atoms with Crippen LogP contribution in [0.2, 0.25) is 0 Å².